The van der Waals surface area contributed by atoms with Crippen LogP contribution in [0.4, 0.5) is 10.8 Å². The van der Waals surface area contributed by atoms with Crippen molar-refractivity contribution in [2.45, 2.75) is 38.6 Å². The number of fused-ring (bicyclic) bond motifs is 1. The van der Waals surface area contributed by atoms with E-state index in [1.165, 1.54) is 30.9 Å². The Morgan fingerprint density at radius 2 is 2.07 bits per heavy atom. The second-order valence-electron chi connectivity index (χ2n) is 7.65. The molecule has 1 N–H and O–H groups in total. The van der Waals surface area contributed by atoms with Gasteiger partial charge in [-0.1, -0.05) is 42.2 Å². The number of carbonyl (C=O) groups is 1. The molecule has 1 aromatic carbocycles. The summed E-state index contributed by atoms with van der Waals surface area (Å²) in [5, 5.41) is 4.83. The fourth-order valence-electron chi connectivity index (χ4n) is 3.35. The van der Waals surface area contributed by atoms with Crippen LogP contribution in [0.15, 0.2) is 29.6 Å². The molecule has 152 valence electrons. The molecule has 3 heterocycles. The van der Waals surface area contributed by atoms with E-state index in [0.29, 0.717) is 5.75 Å². The minimum Gasteiger partial charge on any atom is -0.348 e. The van der Waals surface area contributed by atoms with Crippen LogP contribution in [0.3, 0.4) is 0 Å². The van der Waals surface area contributed by atoms with E-state index in [1.807, 2.05) is 32.0 Å². The molecule has 0 atom stereocenters. The van der Waals surface area contributed by atoms with E-state index >= 15 is 0 Å². The van der Waals surface area contributed by atoms with Crippen molar-refractivity contribution in [3.63, 3.8) is 0 Å². The van der Waals surface area contributed by atoms with Crippen LogP contribution in [0.5, 0.6) is 0 Å². The van der Waals surface area contributed by atoms with Crippen molar-refractivity contribution in [2.24, 2.45) is 5.92 Å². The summed E-state index contributed by atoms with van der Waals surface area (Å²) in [6.07, 6.45) is 3.93. The van der Waals surface area contributed by atoms with Gasteiger partial charge in [-0.25, -0.2) is 9.97 Å². The quantitative estimate of drug-likeness (QED) is 0.471. The van der Waals surface area contributed by atoms with Crippen LogP contribution in [0.2, 0.25) is 0 Å². The third-order valence-corrected chi connectivity index (χ3v) is 7.44. The summed E-state index contributed by atoms with van der Waals surface area (Å²) in [6.45, 7) is 8.39. The molecule has 3 aromatic rings. The zero-order valence-electron chi connectivity index (χ0n) is 16.9. The Kier molecular flexibility index (Phi) is 6.01. The van der Waals surface area contributed by atoms with E-state index in [9.17, 15) is 4.79 Å². The Hall–Kier alpha value is -2.19. The fourth-order valence-corrected chi connectivity index (χ4v) is 5.29. The summed E-state index contributed by atoms with van der Waals surface area (Å²) in [7, 11) is 0. The highest BCUT2D eigenvalue weighted by Crippen LogP contribution is 2.35. The zero-order chi connectivity index (χ0) is 20.4. The summed E-state index contributed by atoms with van der Waals surface area (Å²) in [6, 6.07) is 6.06. The summed E-state index contributed by atoms with van der Waals surface area (Å²) in [4.78, 5) is 28.3. The Morgan fingerprint density at radius 3 is 2.86 bits per heavy atom. The van der Waals surface area contributed by atoms with Crippen molar-refractivity contribution < 1.29 is 4.79 Å². The first-order valence-corrected chi connectivity index (χ1v) is 11.7. The highest BCUT2D eigenvalue weighted by molar-refractivity contribution is 8.00. The van der Waals surface area contributed by atoms with Crippen LogP contribution in [-0.2, 0) is 4.79 Å². The summed E-state index contributed by atoms with van der Waals surface area (Å²) in [5.41, 5.74) is 3.76. The Morgan fingerprint density at radius 1 is 1.28 bits per heavy atom. The van der Waals surface area contributed by atoms with Crippen molar-refractivity contribution in [1.82, 2.24) is 15.0 Å². The van der Waals surface area contributed by atoms with Gasteiger partial charge in [-0.2, -0.15) is 4.98 Å². The number of thioether (sulfide) groups is 1. The van der Waals surface area contributed by atoms with Crippen LogP contribution < -0.4 is 10.2 Å². The topological polar surface area (TPSA) is 71.0 Å². The molecule has 4 rings (SSSR count). The van der Waals surface area contributed by atoms with E-state index < -0.39 is 0 Å². The number of piperidine rings is 1. The van der Waals surface area contributed by atoms with Gasteiger partial charge in [-0.15, -0.1) is 0 Å². The number of nitrogens with zero attached hydrogens (tertiary/aromatic N) is 4. The average Bonchev–Trinajstić information content (AvgIpc) is 3.14. The number of thiazole rings is 1. The third-order valence-electron chi connectivity index (χ3n) is 5.21. The van der Waals surface area contributed by atoms with E-state index in [1.54, 1.807) is 11.3 Å². The van der Waals surface area contributed by atoms with Gasteiger partial charge in [0.15, 0.2) is 10.8 Å². The summed E-state index contributed by atoms with van der Waals surface area (Å²) >= 11 is 3.07. The normalized spacial score (nSPS) is 15.1. The van der Waals surface area contributed by atoms with Gasteiger partial charge in [0, 0.05) is 18.8 Å². The maximum absolute atomic E-state index is 12.5. The van der Waals surface area contributed by atoms with E-state index in [4.69, 9.17) is 4.98 Å². The monoisotopic (exact) mass is 427 g/mol. The number of amides is 1. The second-order valence-corrected chi connectivity index (χ2v) is 9.59. The number of nitrogens with one attached hydrogen (secondary N) is 1. The highest BCUT2D eigenvalue weighted by atomic mass is 32.2. The lowest BCUT2D eigenvalue weighted by Crippen LogP contribution is -2.32. The van der Waals surface area contributed by atoms with Crippen molar-refractivity contribution in [2.75, 3.05) is 29.1 Å². The van der Waals surface area contributed by atoms with Crippen molar-refractivity contribution >= 4 is 50.2 Å². The highest BCUT2D eigenvalue weighted by Gasteiger charge is 2.21. The molecule has 2 aromatic heterocycles. The molecule has 1 saturated heterocycles. The minimum atomic E-state index is -0.0368. The number of carbonyl (C=O) groups excluding carboxylic acids is 1. The van der Waals surface area contributed by atoms with Gasteiger partial charge in [-0.3, -0.25) is 4.79 Å². The molecule has 0 aliphatic carbocycles. The lowest BCUT2D eigenvalue weighted by atomic mass is 10.00. The van der Waals surface area contributed by atoms with E-state index in [0.717, 1.165) is 56.3 Å². The fraction of sp³-hybridized carbons (Fsp3) is 0.429. The lowest BCUT2D eigenvalue weighted by molar-refractivity contribution is -0.113. The summed E-state index contributed by atoms with van der Waals surface area (Å²) < 4.78 is 0.964. The van der Waals surface area contributed by atoms with Gasteiger partial charge in [0.25, 0.3) is 0 Å². The molecule has 1 aliphatic heterocycles. The first kappa shape index (κ1) is 20.1. The van der Waals surface area contributed by atoms with Crippen LogP contribution in [0.1, 0.15) is 30.9 Å². The van der Waals surface area contributed by atoms with Gasteiger partial charge >= 0.3 is 0 Å². The molecule has 8 heteroatoms. The standard InChI is InChI=1S/C21H25N5OS2/c1-13-6-8-26(9-7-13)21-25-19-18(29-21)20(23-12-22-19)28-11-17(27)24-16-10-14(2)4-5-15(16)3/h4-5,10,12-13H,6-9,11H2,1-3H3,(H,24,27). The van der Waals surface area contributed by atoms with Crippen LogP contribution in [-0.4, -0.2) is 39.7 Å². The smallest absolute Gasteiger partial charge is 0.234 e. The molecular weight excluding hydrogens is 402 g/mol. The molecule has 1 amide bonds. The van der Waals surface area contributed by atoms with Gasteiger partial charge in [0.2, 0.25) is 5.91 Å². The number of aryl methyl sites for hydroxylation is 2. The van der Waals surface area contributed by atoms with E-state index in [-0.39, 0.29) is 5.91 Å². The van der Waals surface area contributed by atoms with Crippen LogP contribution in [0.25, 0.3) is 10.3 Å². The molecule has 0 unspecified atom stereocenters. The van der Waals surface area contributed by atoms with Crippen molar-refractivity contribution in [1.29, 1.82) is 0 Å². The number of hydrogen-bond acceptors (Lipinski definition) is 7. The molecule has 0 saturated carbocycles. The largest absolute Gasteiger partial charge is 0.348 e. The second kappa shape index (κ2) is 8.67. The predicted molar refractivity (Wildman–Crippen MR) is 121 cm³/mol. The van der Waals surface area contributed by atoms with Gasteiger partial charge < -0.3 is 10.2 Å². The number of rotatable bonds is 5. The van der Waals surface area contributed by atoms with Crippen molar-refractivity contribution in [3.8, 4) is 0 Å². The number of aromatic nitrogens is 3. The molecule has 1 aliphatic rings. The SMILES string of the molecule is Cc1ccc(C)c(NC(=O)CSc2ncnc3nc(N4CCC(C)CC4)sc23)c1. The maximum Gasteiger partial charge on any atom is 0.234 e. The first-order valence-electron chi connectivity index (χ1n) is 9.86. The first-order chi connectivity index (χ1) is 14.0. The van der Waals surface area contributed by atoms with Gasteiger partial charge in [0.1, 0.15) is 16.1 Å². The van der Waals surface area contributed by atoms with Gasteiger partial charge in [-0.05, 0) is 49.8 Å². The Bertz CT molecular complexity index is 1030. The molecule has 1 fully saturated rings. The predicted octanol–water partition coefficient (Wildman–Crippen LogP) is 4.67. The number of benzene rings is 1. The number of hydrogen-bond donors (Lipinski definition) is 1. The lowest BCUT2D eigenvalue weighted by Gasteiger charge is -2.29. The minimum absolute atomic E-state index is 0.0368. The molecule has 0 spiro atoms. The Labute approximate surface area is 179 Å². The Balaban J connectivity index is 1.45. The molecule has 29 heavy (non-hydrogen) atoms. The van der Waals surface area contributed by atoms with Crippen LogP contribution in [0, 0.1) is 19.8 Å². The van der Waals surface area contributed by atoms with Gasteiger partial charge in [0.05, 0.1) is 5.75 Å². The number of anilines is 2. The molecular formula is C21H25N5OS2. The molecule has 0 radical (unpaired) electrons. The maximum atomic E-state index is 12.5. The molecule has 6 nitrogen and oxygen atoms in total. The van der Waals surface area contributed by atoms with E-state index in [2.05, 4.69) is 27.1 Å². The third kappa shape index (κ3) is 4.70. The average molecular weight is 428 g/mol. The summed E-state index contributed by atoms with van der Waals surface area (Å²) in [5.74, 6) is 1.04. The van der Waals surface area contributed by atoms with Crippen LogP contribution >= 0.6 is 23.1 Å². The van der Waals surface area contributed by atoms with Crippen molar-refractivity contribution in [3.05, 3.63) is 35.7 Å². The zero-order valence-corrected chi connectivity index (χ0v) is 18.6. The molecule has 0 bridgehead atoms.